The number of hydrogen-bond acceptors (Lipinski definition) is 6. The number of thiazole rings is 1. The Morgan fingerprint density at radius 1 is 1.38 bits per heavy atom. The van der Waals surface area contributed by atoms with Crippen molar-refractivity contribution in [1.29, 1.82) is 0 Å². The number of nitrogens with one attached hydrogen (secondary N) is 2. The molecule has 24 heavy (non-hydrogen) atoms. The average Bonchev–Trinajstić information content (AvgIpc) is 3.10. The molecule has 2 N–H and O–H groups in total. The Kier molecular flexibility index (Phi) is 4.70. The maximum atomic E-state index is 12.0. The molecule has 8 nitrogen and oxygen atoms in total. The summed E-state index contributed by atoms with van der Waals surface area (Å²) < 4.78 is 1.24. The van der Waals surface area contributed by atoms with E-state index in [0.717, 1.165) is 18.5 Å². The molecule has 0 saturated heterocycles. The predicted molar refractivity (Wildman–Crippen MR) is 90.2 cm³/mol. The Bertz CT molecular complexity index is 926. The van der Waals surface area contributed by atoms with Crippen molar-refractivity contribution in [2.24, 2.45) is 0 Å². The minimum absolute atomic E-state index is 0.0848. The summed E-state index contributed by atoms with van der Waals surface area (Å²) in [5.41, 5.74) is 3.25. The monoisotopic (exact) mass is 346 g/mol. The zero-order chi connectivity index (χ0) is 17.1. The van der Waals surface area contributed by atoms with E-state index in [1.807, 2.05) is 12.4 Å². The fourth-order valence-electron chi connectivity index (χ4n) is 2.37. The van der Waals surface area contributed by atoms with E-state index < -0.39 is 0 Å². The van der Waals surface area contributed by atoms with E-state index in [1.54, 1.807) is 18.3 Å². The number of hydrogen-bond donors (Lipinski definition) is 2. The van der Waals surface area contributed by atoms with Crippen LogP contribution in [0.25, 0.3) is 5.78 Å². The molecule has 0 unspecified atom stereocenters. The minimum Gasteiger partial charge on any atom is -0.356 e. The summed E-state index contributed by atoms with van der Waals surface area (Å²) in [6, 6.07) is 1.41. The lowest BCUT2D eigenvalue weighted by atomic mass is 10.2. The highest BCUT2D eigenvalue weighted by molar-refractivity contribution is 7.09. The molecule has 0 saturated carbocycles. The lowest BCUT2D eigenvalue weighted by molar-refractivity contribution is -0.120. The Morgan fingerprint density at radius 2 is 2.21 bits per heavy atom. The largest absolute Gasteiger partial charge is 0.356 e. The van der Waals surface area contributed by atoms with Gasteiger partial charge in [0.05, 0.1) is 17.6 Å². The van der Waals surface area contributed by atoms with E-state index in [1.165, 1.54) is 15.5 Å². The van der Waals surface area contributed by atoms with Gasteiger partial charge in [0.1, 0.15) is 5.82 Å². The molecule has 3 aromatic heterocycles. The SMILES string of the molecule is Cc1cc(=O)n2[nH]c(CC(=O)NCCCc3scnc3C)nc2n1. The minimum atomic E-state index is -0.239. The number of rotatable bonds is 6. The van der Waals surface area contributed by atoms with E-state index in [2.05, 4.69) is 25.4 Å². The smallest absolute Gasteiger partial charge is 0.274 e. The van der Waals surface area contributed by atoms with Crippen LogP contribution in [0.2, 0.25) is 0 Å². The van der Waals surface area contributed by atoms with Crippen LogP contribution < -0.4 is 10.9 Å². The van der Waals surface area contributed by atoms with E-state index >= 15 is 0 Å². The third-order valence-corrected chi connectivity index (χ3v) is 4.58. The summed E-state index contributed by atoms with van der Waals surface area (Å²) in [6.07, 6.45) is 1.84. The Labute approximate surface area is 142 Å². The summed E-state index contributed by atoms with van der Waals surface area (Å²) in [5, 5.41) is 5.67. The molecule has 0 aliphatic heterocycles. The molecule has 0 aliphatic rings. The van der Waals surface area contributed by atoms with Crippen molar-refractivity contribution in [3.05, 3.63) is 44.0 Å². The van der Waals surface area contributed by atoms with E-state index in [-0.39, 0.29) is 23.7 Å². The number of H-pyrrole nitrogens is 1. The predicted octanol–water partition coefficient (Wildman–Crippen LogP) is 0.782. The van der Waals surface area contributed by atoms with Crippen molar-refractivity contribution < 1.29 is 4.79 Å². The molecule has 3 rings (SSSR count). The van der Waals surface area contributed by atoms with Crippen molar-refractivity contribution in [2.45, 2.75) is 33.1 Å². The van der Waals surface area contributed by atoms with Crippen LogP contribution in [0.15, 0.2) is 16.4 Å². The van der Waals surface area contributed by atoms with Crippen molar-refractivity contribution >= 4 is 23.0 Å². The molecule has 0 bridgehead atoms. The van der Waals surface area contributed by atoms with Gasteiger partial charge < -0.3 is 5.32 Å². The second-order valence-corrected chi connectivity index (χ2v) is 6.47. The van der Waals surface area contributed by atoms with Crippen molar-refractivity contribution in [1.82, 2.24) is 29.9 Å². The highest BCUT2D eigenvalue weighted by atomic mass is 32.1. The summed E-state index contributed by atoms with van der Waals surface area (Å²) >= 11 is 1.64. The highest BCUT2D eigenvalue weighted by Crippen LogP contribution is 2.13. The molecule has 0 radical (unpaired) electrons. The Balaban J connectivity index is 1.52. The molecule has 1 amide bonds. The van der Waals surface area contributed by atoms with Crippen LogP contribution in [0, 0.1) is 13.8 Å². The molecule has 0 spiro atoms. The highest BCUT2D eigenvalue weighted by Gasteiger charge is 2.10. The Hall–Kier alpha value is -2.55. The second-order valence-electron chi connectivity index (χ2n) is 5.53. The standard InChI is InChI=1S/C15H18N6O2S/c1-9-6-14(23)21-15(18-9)19-12(20-21)7-13(22)16-5-3-4-11-10(2)17-8-24-11/h6,8H,3-5,7H2,1-2H3,(H,16,22)(H,18,19,20). The number of amides is 1. The van der Waals surface area contributed by atoms with Gasteiger partial charge in [0.25, 0.3) is 11.3 Å². The topological polar surface area (TPSA) is 105 Å². The third-order valence-electron chi connectivity index (χ3n) is 3.58. The number of aromatic amines is 1. The van der Waals surface area contributed by atoms with Gasteiger partial charge >= 0.3 is 0 Å². The first-order valence-corrected chi connectivity index (χ1v) is 8.52. The molecular weight excluding hydrogens is 328 g/mol. The number of fused-ring (bicyclic) bond motifs is 1. The van der Waals surface area contributed by atoms with Gasteiger partial charge in [-0.1, -0.05) is 0 Å². The maximum Gasteiger partial charge on any atom is 0.274 e. The van der Waals surface area contributed by atoms with Crippen molar-refractivity contribution in [2.75, 3.05) is 6.54 Å². The molecule has 3 heterocycles. The fourth-order valence-corrected chi connectivity index (χ4v) is 3.20. The number of carbonyl (C=O) groups is 1. The zero-order valence-electron chi connectivity index (χ0n) is 13.5. The maximum absolute atomic E-state index is 12.0. The van der Waals surface area contributed by atoms with Crippen LogP contribution in [0.5, 0.6) is 0 Å². The van der Waals surface area contributed by atoms with Gasteiger partial charge in [-0.3, -0.25) is 14.7 Å². The summed E-state index contributed by atoms with van der Waals surface area (Å²) in [6.45, 7) is 4.31. The molecule has 9 heteroatoms. The second kappa shape index (κ2) is 6.91. The first kappa shape index (κ1) is 16.3. The summed E-state index contributed by atoms with van der Waals surface area (Å²) in [4.78, 5) is 37.6. The number of carbonyl (C=O) groups excluding carboxylic acids is 1. The Morgan fingerprint density at radius 3 is 2.96 bits per heavy atom. The summed E-state index contributed by atoms with van der Waals surface area (Å²) in [5.74, 6) is 0.560. The lowest BCUT2D eigenvalue weighted by Gasteiger charge is -2.03. The van der Waals surface area contributed by atoms with E-state index in [0.29, 0.717) is 18.1 Å². The number of nitrogens with zero attached hydrogens (tertiary/aromatic N) is 4. The first-order valence-electron chi connectivity index (χ1n) is 7.64. The van der Waals surface area contributed by atoms with Gasteiger partial charge in [-0.25, -0.2) is 9.97 Å². The van der Waals surface area contributed by atoms with Gasteiger partial charge in [-0.2, -0.15) is 9.50 Å². The lowest BCUT2D eigenvalue weighted by Crippen LogP contribution is -2.27. The van der Waals surface area contributed by atoms with E-state index in [9.17, 15) is 9.59 Å². The van der Waals surface area contributed by atoms with Crippen LogP contribution in [0.1, 0.15) is 28.5 Å². The van der Waals surface area contributed by atoms with Crippen LogP contribution in [-0.4, -0.2) is 37.0 Å². The summed E-state index contributed by atoms with van der Waals surface area (Å²) in [7, 11) is 0. The van der Waals surface area contributed by atoms with Crippen LogP contribution >= 0.6 is 11.3 Å². The van der Waals surface area contributed by atoms with Crippen molar-refractivity contribution in [3.63, 3.8) is 0 Å². The third kappa shape index (κ3) is 3.67. The number of aryl methyl sites for hydroxylation is 3. The fraction of sp³-hybridized carbons (Fsp3) is 0.400. The van der Waals surface area contributed by atoms with Gasteiger partial charge in [-0.05, 0) is 26.7 Å². The molecule has 126 valence electrons. The first-order chi connectivity index (χ1) is 11.5. The molecule has 0 aliphatic carbocycles. The van der Waals surface area contributed by atoms with E-state index in [4.69, 9.17) is 0 Å². The molecule has 0 fully saturated rings. The van der Waals surface area contributed by atoms with Gasteiger partial charge in [0, 0.05) is 23.2 Å². The van der Waals surface area contributed by atoms with Gasteiger partial charge in [0.15, 0.2) is 0 Å². The normalized spacial score (nSPS) is 11.1. The quantitative estimate of drug-likeness (QED) is 0.642. The number of aromatic nitrogens is 5. The van der Waals surface area contributed by atoms with Crippen LogP contribution in [-0.2, 0) is 17.6 Å². The zero-order valence-corrected chi connectivity index (χ0v) is 14.3. The van der Waals surface area contributed by atoms with Crippen LogP contribution in [0.3, 0.4) is 0 Å². The molecule has 0 aromatic carbocycles. The van der Waals surface area contributed by atoms with Crippen LogP contribution in [0.4, 0.5) is 0 Å². The molecule has 3 aromatic rings. The van der Waals surface area contributed by atoms with Gasteiger partial charge in [-0.15, -0.1) is 11.3 Å². The van der Waals surface area contributed by atoms with Crippen molar-refractivity contribution in [3.8, 4) is 0 Å². The molecular formula is C15H18N6O2S. The van der Waals surface area contributed by atoms with Gasteiger partial charge in [0.2, 0.25) is 5.91 Å². The average molecular weight is 346 g/mol. The molecule has 0 atom stereocenters.